The summed E-state index contributed by atoms with van der Waals surface area (Å²) in [6.07, 6.45) is 3.19. The Kier molecular flexibility index (Phi) is 5.53. The molecule has 0 saturated carbocycles. The topological polar surface area (TPSA) is 94.0 Å². The molecule has 0 saturated heterocycles. The van der Waals surface area contributed by atoms with Crippen molar-refractivity contribution in [2.75, 3.05) is 10.6 Å². The number of aromatic hydroxyl groups is 2. The molecule has 1 aliphatic rings. The van der Waals surface area contributed by atoms with Crippen LogP contribution in [0, 0.1) is 6.92 Å². The molecular formula is C25H21N3O3. The van der Waals surface area contributed by atoms with Crippen LogP contribution in [0.5, 0.6) is 11.5 Å². The zero-order valence-corrected chi connectivity index (χ0v) is 16.8. The molecule has 0 aliphatic heterocycles. The molecule has 6 nitrogen and oxygen atoms in total. The molecule has 0 spiro atoms. The maximum Gasteiger partial charge on any atom is 0.204 e. The number of aliphatic imine (C=N–C) groups is 1. The fourth-order valence-corrected chi connectivity index (χ4v) is 3.08. The van der Waals surface area contributed by atoms with Crippen LogP contribution in [0.3, 0.4) is 0 Å². The second-order valence-electron chi connectivity index (χ2n) is 7.11. The Morgan fingerprint density at radius 3 is 2.06 bits per heavy atom. The molecule has 4 rings (SSSR count). The number of aryl methyl sites for hydroxylation is 1. The number of nitrogens with zero attached hydrogens (tertiary/aromatic N) is 1. The van der Waals surface area contributed by atoms with Crippen LogP contribution in [0.25, 0.3) is 0 Å². The Morgan fingerprint density at radius 1 is 0.742 bits per heavy atom. The number of carbonyl (C=O) groups excluding carboxylic acids is 1. The lowest BCUT2D eigenvalue weighted by Gasteiger charge is -2.19. The maximum atomic E-state index is 12.8. The van der Waals surface area contributed by atoms with Crippen molar-refractivity contribution in [3.05, 3.63) is 102 Å². The van der Waals surface area contributed by atoms with E-state index in [1.807, 2.05) is 31.2 Å². The van der Waals surface area contributed by atoms with E-state index in [-0.39, 0.29) is 17.3 Å². The highest BCUT2D eigenvalue weighted by Gasteiger charge is 2.20. The Hall–Kier alpha value is -4.32. The van der Waals surface area contributed by atoms with Gasteiger partial charge in [0, 0.05) is 17.5 Å². The lowest BCUT2D eigenvalue weighted by Crippen LogP contribution is -2.22. The zero-order chi connectivity index (χ0) is 21.8. The van der Waals surface area contributed by atoms with Crippen molar-refractivity contribution in [3.63, 3.8) is 0 Å². The van der Waals surface area contributed by atoms with Crippen LogP contribution < -0.4 is 10.6 Å². The Labute approximate surface area is 179 Å². The Balaban J connectivity index is 1.70. The highest BCUT2D eigenvalue weighted by Crippen LogP contribution is 2.25. The van der Waals surface area contributed by atoms with Gasteiger partial charge in [-0.15, -0.1) is 0 Å². The number of hydrogen-bond donors (Lipinski definition) is 4. The minimum Gasteiger partial charge on any atom is -0.508 e. The van der Waals surface area contributed by atoms with E-state index in [0.717, 1.165) is 11.3 Å². The number of phenols is 2. The van der Waals surface area contributed by atoms with Crippen molar-refractivity contribution in [2.45, 2.75) is 6.92 Å². The zero-order valence-electron chi connectivity index (χ0n) is 16.8. The molecule has 6 heteroatoms. The lowest BCUT2D eigenvalue weighted by molar-refractivity contribution is -0.111. The van der Waals surface area contributed by atoms with Crippen LogP contribution in [0.15, 0.2) is 101 Å². The van der Waals surface area contributed by atoms with Crippen LogP contribution >= 0.6 is 0 Å². The number of ketones is 1. The summed E-state index contributed by atoms with van der Waals surface area (Å²) in [6.45, 7) is 1.98. The molecular weight excluding hydrogens is 390 g/mol. The first-order chi connectivity index (χ1) is 15.0. The van der Waals surface area contributed by atoms with E-state index in [1.165, 1.54) is 6.08 Å². The van der Waals surface area contributed by atoms with Crippen molar-refractivity contribution < 1.29 is 15.0 Å². The van der Waals surface area contributed by atoms with Gasteiger partial charge in [0.15, 0.2) is 0 Å². The third-order valence-corrected chi connectivity index (χ3v) is 4.76. The van der Waals surface area contributed by atoms with E-state index in [1.54, 1.807) is 54.6 Å². The van der Waals surface area contributed by atoms with Crippen molar-refractivity contribution >= 4 is 28.6 Å². The second kappa shape index (κ2) is 8.59. The Morgan fingerprint density at radius 2 is 1.39 bits per heavy atom. The predicted molar refractivity (Wildman–Crippen MR) is 123 cm³/mol. The van der Waals surface area contributed by atoms with Gasteiger partial charge in [-0.3, -0.25) is 4.79 Å². The van der Waals surface area contributed by atoms with E-state index in [0.29, 0.717) is 28.5 Å². The van der Waals surface area contributed by atoms with Gasteiger partial charge in [0.1, 0.15) is 11.5 Å². The van der Waals surface area contributed by atoms with Gasteiger partial charge in [-0.1, -0.05) is 18.2 Å². The average molecular weight is 411 g/mol. The monoisotopic (exact) mass is 411 g/mol. The van der Waals surface area contributed by atoms with Gasteiger partial charge in [-0.05, 0) is 73.2 Å². The van der Waals surface area contributed by atoms with Crippen LogP contribution in [-0.4, -0.2) is 21.7 Å². The predicted octanol–water partition coefficient (Wildman–Crippen LogP) is 5.05. The number of para-hydroxylation sites is 1. The summed E-state index contributed by atoms with van der Waals surface area (Å²) in [5, 5.41) is 25.4. The summed E-state index contributed by atoms with van der Waals surface area (Å²) >= 11 is 0. The number of nitrogens with one attached hydrogen (secondary N) is 2. The Bertz CT molecular complexity index is 1210. The maximum absolute atomic E-state index is 12.8. The molecule has 0 fully saturated rings. The van der Waals surface area contributed by atoms with Crippen molar-refractivity contribution in [3.8, 4) is 11.5 Å². The number of benzene rings is 3. The summed E-state index contributed by atoms with van der Waals surface area (Å²) in [5.41, 5.74) is 4.72. The average Bonchev–Trinajstić information content (AvgIpc) is 2.76. The number of rotatable bonds is 5. The molecule has 3 aromatic carbocycles. The van der Waals surface area contributed by atoms with E-state index < -0.39 is 0 Å². The molecule has 31 heavy (non-hydrogen) atoms. The van der Waals surface area contributed by atoms with Gasteiger partial charge >= 0.3 is 0 Å². The lowest BCUT2D eigenvalue weighted by atomic mass is 10.0. The van der Waals surface area contributed by atoms with Crippen LogP contribution in [0.4, 0.5) is 17.1 Å². The number of phenolic OH excluding ortho intramolecular Hbond substituents is 2. The SMILES string of the molecule is Cc1ccccc1NC1=CC(=O)C(Nc2ccc(O)cc2)=CC1=Nc1ccc(O)cc1. The minimum absolute atomic E-state index is 0.147. The molecule has 3 aromatic rings. The third kappa shape index (κ3) is 4.82. The normalized spacial score (nSPS) is 14.7. The molecule has 1 aliphatic carbocycles. The van der Waals surface area contributed by atoms with E-state index in [4.69, 9.17) is 0 Å². The molecule has 0 unspecified atom stereocenters. The number of hydrogen-bond acceptors (Lipinski definition) is 6. The molecule has 0 aromatic heterocycles. The van der Waals surface area contributed by atoms with E-state index >= 15 is 0 Å². The van der Waals surface area contributed by atoms with Crippen molar-refractivity contribution in [1.82, 2.24) is 0 Å². The molecule has 4 N–H and O–H groups in total. The van der Waals surface area contributed by atoms with Gasteiger partial charge in [-0.25, -0.2) is 4.99 Å². The quantitative estimate of drug-likeness (QED) is 0.348. The molecule has 154 valence electrons. The van der Waals surface area contributed by atoms with Crippen molar-refractivity contribution in [1.29, 1.82) is 0 Å². The highest BCUT2D eigenvalue weighted by atomic mass is 16.3. The smallest absolute Gasteiger partial charge is 0.204 e. The van der Waals surface area contributed by atoms with Crippen molar-refractivity contribution in [2.24, 2.45) is 4.99 Å². The third-order valence-electron chi connectivity index (χ3n) is 4.76. The fraction of sp³-hybridized carbons (Fsp3) is 0.0400. The summed E-state index contributed by atoms with van der Waals surface area (Å²) in [6, 6.07) is 20.8. The van der Waals surface area contributed by atoms with Gasteiger partial charge in [-0.2, -0.15) is 0 Å². The van der Waals surface area contributed by atoms with Gasteiger partial charge in [0.25, 0.3) is 0 Å². The summed E-state index contributed by atoms with van der Waals surface area (Å²) in [5.74, 6) is 0.101. The molecule has 0 amide bonds. The standard InChI is InChI=1S/C25H21N3O3/c1-16-4-2-3-5-21(16)28-23-15-25(31)24(27-18-8-12-20(30)13-9-18)14-22(23)26-17-6-10-19(29)11-7-17/h2-15,27-30H,1H3. The second-order valence-corrected chi connectivity index (χ2v) is 7.11. The molecule has 0 radical (unpaired) electrons. The van der Waals surface area contributed by atoms with Crippen LogP contribution in [-0.2, 0) is 4.79 Å². The largest absolute Gasteiger partial charge is 0.508 e. The molecule has 0 heterocycles. The number of anilines is 2. The van der Waals surface area contributed by atoms with Crippen LogP contribution in [0.1, 0.15) is 5.56 Å². The first-order valence-electron chi connectivity index (χ1n) is 9.72. The van der Waals surface area contributed by atoms with Gasteiger partial charge in [0.05, 0.1) is 22.8 Å². The first kappa shape index (κ1) is 20.0. The number of carbonyl (C=O) groups is 1. The van der Waals surface area contributed by atoms with E-state index in [2.05, 4.69) is 15.6 Å². The minimum atomic E-state index is -0.200. The van der Waals surface area contributed by atoms with Crippen LogP contribution in [0.2, 0.25) is 0 Å². The summed E-state index contributed by atoms with van der Waals surface area (Å²) < 4.78 is 0. The van der Waals surface area contributed by atoms with Gasteiger partial charge in [0.2, 0.25) is 5.78 Å². The first-order valence-corrected chi connectivity index (χ1v) is 9.72. The summed E-state index contributed by atoms with van der Waals surface area (Å²) in [7, 11) is 0. The highest BCUT2D eigenvalue weighted by molar-refractivity contribution is 6.24. The summed E-state index contributed by atoms with van der Waals surface area (Å²) in [4.78, 5) is 17.5. The molecule has 0 bridgehead atoms. The number of allylic oxidation sites excluding steroid dienone is 2. The van der Waals surface area contributed by atoms with E-state index in [9.17, 15) is 15.0 Å². The fourth-order valence-electron chi connectivity index (χ4n) is 3.08. The van der Waals surface area contributed by atoms with Gasteiger partial charge < -0.3 is 20.8 Å². The molecule has 0 atom stereocenters.